The Morgan fingerprint density at radius 1 is 1.20 bits per heavy atom. The molecule has 0 spiro atoms. The molecule has 0 saturated carbocycles. The average molecular weight is 453 g/mol. The molecule has 1 unspecified atom stereocenters. The quantitative estimate of drug-likeness (QED) is 0.724. The van der Waals surface area contributed by atoms with Crippen molar-refractivity contribution in [3.05, 3.63) is 62.2 Å². The highest BCUT2D eigenvalue weighted by Gasteiger charge is 2.30. The molecular formula is C19H18F2IN3. The van der Waals surface area contributed by atoms with E-state index in [0.29, 0.717) is 0 Å². The first kappa shape index (κ1) is 16.9. The summed E-state index contributed by atoms with van der Waals surface area (Å²) in [6, 6.07) is 12.9. The van der Waals surface area contributed by atoms with Crippen LogP contribution in [-0.2, 0) is 0 Å². The predicted octanol–water partition coefficient (Wildman–Crippen LogP) is 3.18. The molecule has 6 heteroatoms. The van der Waals surface area contributed by atoms with Crippen molar-refractivity contribution < 1.29 is 8.78 Å². The molecule has 4 rings (SSSR count). The maximum Gasteiger partial charge on any atom is 0.263 e. The minimum absolute atomic E-state index is 0.0393. The zero-order valence-electron chi connectivity index (χ0n) is 13.5. The lowest BCUT2D eigenvalue weighted by atomic mass is 10.1. The molecule has 2 aliphatic rings. The summed E-state index contributed by atoms with van der Waals surface area (Å²) in [6.07, 6.45) is 1.59. The highest BCUT2D eigenvalue weighted by Crippen LogP contribution is 2.28. The Bertz CT molecular complexity index is 894. The van der Waals surface area contributed by atoms with Crippen molar-refractivity contribution in [2.75, 3.05) is 11.4 Å². The number of fused-ring (bicyclic) bond motifs is 1. The molecule has 2 aromatic rings. The van der Waals surface area contributed by atoms with Crippen molar-refractivity contribution in [3.63, 3.8) is 0 Å². The molecule has 2 aromatic carbocycles. The second-order valence-corrected chi connectivity index (χ2v) is 7.52. The van der Waals surface area contributed by atoms with Crippen LogP contribution in [0.2, 0.25) is 0 Å². The maximum absolute atomic E-state index is 13.1. The minimum atomic E-state index is -2.47. The number of para-hydroxylation sites is 1. The lowest BCUT2D eigenvalue weighted by Crippen LogP contribution is -2.51. The van der Waals surface area contributed by atoms with Crippen LogP contribution < -0.4 is 20.8 Å². The molecule has 3 nitrogen and oxygen atoms in total. The van der Waals surface area contributed by atoms with Gasteiger partial charge in [-0.15, -0.1) is 0 Å². The summed E-state index contributed by atoms with van der Waals surface area (Å²) < 4.78 is 27.4. The smallest absolute Gasteiger partial charge is 0.263 e. The molecule has 130 valence electrons. The standard InChI is InChI=1S/C19H18F2IN3/c20-18(21)12-4-1-6-14(10-12)25-11-13-5-2-7-15(22)17(13)24-19(25)16-8-3-9-23-16/h1-2,4-7,10-11,16,18-19,23H,3,8-9H2/t16?,19-/m1/s1. The summed E-state index contributed by atoms with van der Waals surface area (Å²) in [4.78, 5) is 7.03. The van der Waals surface area contributed by atoms with Crippen molar-refractivity contribution in [3.8, 4) is 0 Å². The molecule has 0 amide bonds. The van der Waals surface area contributed by atoms with Crippen molar-refractivity contribution in [2.45, 2.75) is 31.5 Å². The fourth-order valence-electron chi connectivity index (χ4n) is 3.49. The van der Waals surface area contributed by atoms with Crippen LogP contribution in [0.25, 0.3) is 6.20 Å². The van der Waals surface area contributed by atoms with Gasteiger partial charge < -0.3 is 10.2 Å². The fourth-order valence-corrected chi connectivity index (χ4v) is 4.15. The number of alkyl halides is 2. The highest BCUT2D eigenvalue weighted by atomic mass is 127. The first-order chi connectivity index (χ1) is 12.1. The third kappa shape index (κ3) is 3.29. The largest absolute Gasteiger partial charge is 0.323 e. The molecule has 1 N–H and O–H groups in total. The van der Waals surface area contributed by atoms with Crippen LogP contribution in [-0.4, -0.2) is 18.8 Å². The average Bonchev–Trinajstić information content (AvgIpc) is 3.16. The SMILES string of the molecule is FC(F)c1cccc(N2C=c3cccc(I)c3=N[C@H]2C2CCCN2)c1. The number of rotatable bonds is 3. The Morgan fingerprint density at radius 3 is 2.80 bits per heavy atom. The van der Waals surface area contributed by atoms with Gasteiger partial charge in [-0.1, -0.05) is 24.3 Å². The normalized spacial score (nSPS) is 22.5. The molecule has 2 atom stereocenters. The molecule has 0 radical (unpaired) electrons. The van der Waals surface area contributed by atoms with E-state index >= 15 is 0 Å². The van der Waals surface area contributed by atoms with Gasteiger partial charge in [-0.2, -0.15) is 0 Å². The third-order valence-electron chi connectivity index (χ3n) is 4.72. The number of halogens is 3. The van der Waals surface area contributed by atoms with Gasteiger partial charge in [0.25, 0.3) is 6.43 Å². The van der Waals surface area contributed by atoms with Gasteiger partial charge in [0.05, 0.1) is 5.36 Å². The Kier molecular flexibility index (Phi) is 4.73. The molecule has 0 bridgehead atoms. The second-order valence-electron chi connectivity index (χ2n) is 6.36. The second kappa shape index (κ2) is 6.99. The van der Waals surface area contributed by atoms with Gasteiger partial charge in [0.15, 0.2) is 0 Å². The van der Waals surface area contributed by atoms with E-state index in [0.717, 1.165) is 39.2 Å². The first-order valence-corrected chi connectivity index (χ1v) is 9.45. The van der Waals surface area contributed by atoms with E-state index in [1.807, 2.05) is 35.4 Å². The van der Waals surface area contributed by atoms with Crippen LogP contribution >= 0.6 is 22.6 Å². The highest BCUT2D eigenvalue weighted by molar-refractivity contribution is 14.1. The van der Waals surface area contributed by atoms with Gasteiger partial charge in [0.1, 0.15) is 6.17 Å². The number of anilines is 1. The van der Waals surface area contributed by atoms with Crippen LogP contribution in [0.5, 0.6) is 0 Å². The number of benzene rings is 2. The van der Waals surface area contributed by atoms with Crippen LogP contribution in [0, 0.1) is 3.57 Å². The molecule has 0 aliphatic carbocycles. The summed E-state index contributed by atoms with van der Waals surface area (Å²) in [5.74, 6) is 0. The van der Waals surface area contributed by atoms with Gasteiger partial charge in [-0.3, -0.25) is 4.99 Å². The third-order valence-corrected chi connectivity index (χ3v) is 5.59. The van der Waals surface area contributed by atoms with Gasteiger partial charge in [-0.25, -0.2) is 8.78 Å². The summed E-state index contributed by atoms with van der Waals surface area (Å²) in [7, 11) is 0. The van der Waals surface area contributed by atoms with Crippen molar-refractivity contribution >= 4 is 34.5 Å². The van der Waals surface area contributed by atoms with E-state index in [4.69, 9.17) is 4.99 Å². The van der Waals surface area contributed by atoms with E-state index in [1.165, 1.54) is 6.07 Å². The molecule has 25 heavy (non-hydrogen) atoms. The zero-order valence-corrected chi connectivity index (χ0v) is 15.7. The van der Waals surface area contributed by atoms with E-state index in [-0.39, 0.29) is 17.8 Å². The molecule has 2 heterocycles. The van der Waals surface area contributed by atoms with Crippen LogP contribution in [0.4, 0.5) is 14.5 Å². The Labute approximate surface area is 158 Å². The number of hydrogen-bond donors (Lipinski definition) is 1. The predicted molar refractivity (Wildman–Crippen MR) is 103 cm³/mol. The lowest BCUT2D eigenvalue weighted by Gasteiger charge is -2.34. The maximum atomic E-state index is 13.1. The Balaban J connectivity index is 1.84. The lowest BCUT2D eigenvalue weighted by molar-refractivity contribution is 0.151. The monoisotopic (exact) mass is 453 g/mol. The minimum Gasteiger partial charge on any atom is -0.323 e. The van der Waals surface area contributed by atoms with Crippen molar-refractivity contribution in [2.24, 2.45) is 4.99 Å². The molecule has 0 aromatic heterocycles. The van der Waals surface area contributed by atoms with Crippen molar-refractivity contribution in [1.82, 2.24) is 5.32 Å². The summed E-state index contributed by atoms with van der Waals surface area (Å²) >= 11 is 2.30. The van der Waals surface area contributed by atoms with Gasteiger partial charge in [0.2, 0.25) is 0 Å². The molecule has 1 saturated heterocycles. The topological polar surface area (TPSA) is 27.6 Å². The van der Waals surface area contributed by atoms with Crippen LogP contribution in [0.1, 0.15) is 24.8 Å². The van der Waals surface area contributed by atoms with E-state index < -0.39 is 6.43 Å². The Morgan fingerprint density at radius 2 is 2.04 bits per heavy atom. The van der Waals surface area contributed by atoms with Crippen molar-refractivity contribution in [1.29, 1.82) is 0 Å². The van der Waals surface area contributed by atoms with Gasteiger partial charge >= 0.3 is 0 Å². The molecule has 1 fully saturated rings. The fraction of sp³-hybridized carbons (Fsp3) is 0.316. The summed E-state index contributed by atoms with van der Waals surface area (Å²) in [6.45, 7) is 0.973. The molecule has 2 aliphatic heterocycles. The van der Waals surface area contributed by atoms with Gasteiger partial charge in [-0.05, 0) is 60.2 Å². The summed E-state index contributed by atoms with van der Waals surface area (Å²) in [5.41, 5.74) is 0.794. The first-order valence-electron chi connectivity index (χ1n) is 8.37. The number of hydrogen-bond acceptors (Lipinski definition) is 3. The van der Waals surface area contributed by atoms with E-state index in [9.17, 15) is 8.78 Å². The summed E-state index contributed by atoms with van der Waals surface area (Å²) in [5, 5.41) is 5.51. The van der Waals surface area contributed by atoms with E-state index in [1.54, 1.807) is 12.1 Å². The van der Waals surface area contributed by atoms with Crippen LogP contribution in [0.3, 0.4) is 0 Å². The van der Waals surface area contributed by atoms with Gasteiger partial charge in [0, 0.05) is 32.3 Å². The van der Waals surface area contributed by atoms with Crippen LogP contribution in [0.15, 0.2) is 47.5 Å². The molecular weight excluding hydrogens is 435 g/mol. The number of nitrogens with zero attached hydrogens (tertiary/aromatic N) is 2. The van der Waals surface area contributed by atoms with E-state index in [2.05, 4.69) is 27.9 Å². The zero-order chi connectivity index (χ0) is 17.4. The Hall–Kier alpha value is -1.54. The number of nitrogens with one attached hydrogen (secondary N) is 1.